The van der Waals surface area contributed by atoms with Gasteiger partial charge in [0.15, 0.2) is 0 Å². The Hall–Kier alpha value is -2.41. The smallest absolute Gasteiger partial charge is 0.253 e. The van der Waals surface area contributed by atoms with Crippen LogP contribution in [0.2, 0.25) is 0 Å². The molecule has 0 aliphatic carbocycles. The zero-order chi connectivity index (χ0) is 19.3. The molecule has 7 heteroatoms. The summed E-state index contributed by atoms with van der Waals surface area (Å²) in [7, 11) is 5.41. The molecule has 26 heavy (non-hydrogen) atoms. The Morgan fingerprint density at radius 2 is 1.85 bits per heavy atom. The van der Waals surface area contributed by atoms with Crippen LogP contribution in [0.5, 0.6) is 0 Å². The largest absolute Gasteiger partial charge is 0.343 e. The van der Waals surface area contributed by atoms with E-state index >= 15 is 0 Å². The number of anilines is 1. The molecule has 7 nitrogen and oxygen atoms in total. The van der Waals surface area contributed by atoms with Gasteiger partial charge >= 0.3 is 0 Å². The van der Waals surface area contributed by atoms with E-state index in [0.717, 1.165) is 0 Å². The van der Waals surface area contributed by atoms with Crippen LogP contribution in [-0.2, 0) is 9.59 Å². The average Bonchev–Trinajstić information content (AvgIpc) is 2.93. The number of likely N-dealkylation sites (tertiary alicyclic amines) is 1. The van der Waals surface area contributed by atoms with Gasteiger partial charge in [-0.25, -0.2) is 0 Å². The minimum atomic E-state index is -0.0995. The van der Waals surface area contributed by atoms with Crippen LogP contribution >= 0.6 is 0 Å². The SMILES string of the molecule is CCN1CC(CN(C)C(=O)c2ccc(NC(=O)CN(C)C)cc2)CC1=O. The van der Waals surface area contributed by atoms with Gasteiger partial charge < -0.3 is 20.0 Å². The number of nitrogens with one attached hydrogen (secondary N) is 1. The lowest BCUT2D eigenvalue weighted by Crippen LogP contribution is -2.33. The number of nitrogens with zero attached hydrogens (tertiary/aromatic N) is 3. The fraction of sp³-hybridized carbons (Fsp3) is 0.526. The molecule has 1 aromatic carbocycles. The highest BCUT2D eigenvalue weighted by atomic mass is 16.2. The highest BCUT2D eigenvalue weighted by Crippen LogP contribution is 2.19. The van der Waals surface area contributed by atoms with Gasteiger partial charge in [0.2, 0.25) is 11.8 Å². The molecule has 1 aliphatic heterocycles. The second-order valence-corrected chi connectivity index (χ2v) is 7.05. The molecule has 1 heterocycles. The van der Waals surface area contributed by atoms with Crippen molar-refractivity contribution in [3.63, 3.8) is 0 Å². The third-order valence-corrected chi connectivity index (χ3v) is 4.43. The van der Waals surface area contributed by atoms with E-state index in [9.17, 15) is 14.4 Å². The molecule has 1 atom stereocenters. The average molecular weight is 360 g/mol. The summed E-state index contributed by atoms with van der Waals surface area (Å²) >= 11 is 0. The van der Waals surface area contributed by atoms with Crippen LogP contribution in [0.4, 0.5) is 5.69 Å². The summed E-state index contributed by atoms with van der Waals surface area (Å²) in [6, 6.07) is 6.88. The first-order valence-corrected chi connectivity index (χ1v) is 8.88. The molecule has 1 saturated heterocycles. The Kier molecular flexibility index (Phi) is 6.74. The van der Waals surface area contributed by atoms with Crippen molar-refractivity contribution in [2.45, 2.75) is 13.3 Å². The van der Waals surface area contributed by atoms with Crippen LogP contribution in [0, 0.1) is 5.92 Å². The van der Waals surface area contributed by atoms with Crippen molar-refractivity contribution in [3.8, 4) is 0 Å². The van der Waals surface area contributed by atoms with Crippen LogP contribution in [0.1, 0.15) is 23.7 Å². The lowest BCUT2D eigenvalue weighted by molar-refractivity contribution is -0.127. The van der Waals surface area contributed by atoms with Crippen molar-refractivity contribution in [1.29, 1.82) is 0 Å². The number of hydrogen-bond donors (Lipinski definition) is 1. The van der Waals surface area contributed by atoms with E-state index in [1.807, 2.05) is 25.9 Å². The highest BCUT2D eigenvalue weighted by Gasteiger charge is 2.30. The molecule has 0 saturated carbocycles. The highest BCUT2D eigenvalue weighted by molar-refractivity contribution is 5.96. The molecule has 1 N–H and O–H groups in total. The number of benzene rings is 1. The molecule has 3 amide bonds. The predicted molar refractivity (Wildman–Crippen MR) is 101 cm³/mol. The molecule has 142 valence electrons. The van der Waals surface area contributed by atoms with Crippen molar-refractivity contribution in [2.75, 3.05) is 52.6 Å². The fourth-order valence-electron chi connectivity index (χ4n) is 3.16. The Balaban J connectivity index is 1.90. The summed E-state index contributed by atoms with van der Waals surface area (Å²) in [4.78, 5) is 41.4. The van der Waals surface area contributed by atoms with Crippen LogP contribution in [-0.4, -0.2) is 79.7 Å². The molecule has 2 rings (SSSR count). The van der Waals surface area contributed by atoms with E-state index in [4.69, 9.17) is 0 Å². The number of likely N-dealkylation sites (N-methyl/N-ethyl adjacent to an activating group) is 1. The lowest BCUT2D eigenvalue weighted by atomic mass is 10.1. The number of amides is 3. The zero-order valence-corrected chi connectivity index (χ0v) is 16.0. The molecular weight excluding hydrogens is 332 g/mol. The molecule has 1 aliphatic rings. The first kappa shape index (κ1) is 19.9. The fourth-order valence-corrected chi connectivity index (χ4v) is 3.16. The molecule has 1 aromatic rings. The van der Waals surface area contributed by atoms with Gasteiger partial charge in [-0.3, -0.25) is 14.4 Å². The maximum atomic E-state index is 12.6. The lowest BCUT2D eigenvalue weighted by Gasteiger charge is -2.21. The molecule has 0 bridgehead atoms. The van der Waals surface area contributed by atoms with Crippen molar-refractivity contribution >= 4 is 23.4 Å². The molecule has 1 fully saturated rings. The van der Waals surface area contributed by atoms with Crippen molar-refractivity contribution in [1.82, 2.24) is 14.7 Å². The van der Waals surface area contributed by atoms with Crippen LogP contribution in [0.25, 0.3) is 0 Å². The number of carbonyl (C=O) groups excluding carboxylic acids is 3. The van der Waals surface area contributed by atoms with Gasteiger partial charge in [-0.1, -0.05) is 0 Å². The van der Waals surface area contributed by atoms with Crippen LogP contribution in [0.3, 0.4) is 0 Å². The predicted octanol–water partition coefficient (Wildman–Crippen LogP) is 1.13. The maximum Gasteiger partial charge on any atom is 0.253 e. The number of rotatable bonds is 7. The van der Waals surface area contributed by atoms with E-state index in [2.05, 4.69) is 5.32 Å². The third kappa shape index (κ3) is 5.29. The number of carbonyl (C=O) groups is 3. The number of hydrogen-bond acceptors (Lipinski definition) is 4. The van der Waals surface area contributed by atoms with Gasteiger partial charge in [-0.05, 0) is 45.3 Å². The molecule has 0 spiro atoms. The molecule has 0 aromatic heterocycles. The standard InChI is InChI=1S/C19H28N4O3/c1-5-23-12-14(10-18(23)25)11-22(4)19(26)15-6-8-16(9-7-15)20-17(24)13-21(2)3/h6-9,14H,5,10-13H2,1-4H3,(H,20,24). The minimum Gasteiger partial charge on any atom is -0.343 e. The van der Waals surface area contributed by atoms with Gasteiger partial charge in [-0.15, -0.1) is 0 Å². The van der Waals surface area contributed by atoms with E-state index in [1.54, 1.807) is 41.1 Å². The van der Waals surface area contributed by atoms with E-state index in [0.29, 0.717) is 43.9 Å². The summed E-state index contributed by atoms with van der Waals surface area (Å²) in [5.41, 5.74) is 1.23. The summed E-state index contributed by atoms with van der Waals surface area (Å²) < 4.78 is 0. The molecular formula is C19H28N4O3. The summed E-state index contributed by atoms with van der Waals surface area (Å²) in [5, 5.41) is 2.80. The monoisotopic (exact) mass is 360 g/mol. The quantitative estimate of drug-likeness (QED) is 0.791. The first-order chi connectivity index (χ1) is 12.3. The van der Waals surface area contributed by atoms with E-state index < -0.39 is 0 Å². The summed E-state index contributed by atoms with van der Waals surface area (Å²) in [6.07, 6.45) is 0.502. The van der Waals surface area contributed by atoms with Crippen molar-refractivity contribution < 1.29 is 14.4 Å². The van der Waals surface area contributed by atoms with Crippen LogP contribution < -0.4 is 5.32 Å². The molecule has 1 unspecified atom stereocenters. The second kappa shape index (κ2) is 8.80. The second-order valence-electron chi connectivity index (χ2n) is 7.05. The Morgan fingerprint density at radius 1 is 1.19 bits per heavy atom. The first-order valence-electron chi connectivity index (χ1n) is 8.88. The van der Waals surface area contributed by atoms with Crippen molar-refractivity contribution in [2.24, 2.45) is 5.92 Å². The zero-order valence-electron chi connectivity index (χ0n) is 16.0. The maximum absolute atomic E-state index is 12.6. The minimum absolute atomic E-state index is 0.0847. The van der Waals surface area contributed by atoms with Gasteiger partial charge in [0.25, 0.3) is 5.91 Å². The topological polar surface area (TPSA) is 73.0 Å². The van der Waals surface area contributed by atoms with E-state index in [1.165, 1.54) is 0 Å². The van der Waals surface area contributed by atoms with Gasteiger partial charge in [0, 0.05) is 50.3 Å². The van der Waals surface area contributed by atoms with Crippen LogP contribution in [0.15, 0.2) is 24.3 Å². The summed E-state index contributed by atoms with van der Waals surface area (Å²) in [6.45, 7) is 4.26. The van der Waals surface area contributed by atoms with E-state index in [-0.39, 0.29) is 23.6 Å². The Morgan fingerprint density at radius 3 is 2.38 bits per heavy atom. The Bertz CT molecular complexity index is 657. The Labute approximate surface area is 154 Å². The molecule has 0 radical (unpaired) electrons. The normalized spacial score (nSPS) is 16.9. The summed E-state index contributed by atoms with van der Waals surface area (Å²) in [5.74, 6) is 0.160. The van der Waals surface area contributed by atoms with Crippen molar-refractivity contribution in [3.05, 3.63) is 29.8 Å². The van der Waals surface area contributed by atoms with Gasteiger partial charge in [-0.2, -0.15) is 0 Å². The van der Waals surface area contributed by atoms with Gasteiger partial charge in [0.05, 0.1) is 6.54 Å². The van der Waals surface area contributed by atoms with Gasteiger partial charge in [0.1, 0.15) is 0 Å². The third-order valence-electron chi connectivity index (χ3n) is 4.43.